The van der Waals surface area contributed by atoms with E-state index in [9.17, 15) is 14.4 Å². The molecule has 21 heavy (non-hydrogen) atoms. The highest BCUT2D eigenvalue weighted by Crippen LogP contribution is 2.25. The number of likely N-dealkylation sites (tertiary alicyclic amines) is 1. The minimum absolute atomic E-state index is 0.123. The predicted molar refractivity (Wildman–Crippen MR) is 73.0 cm³/mol. The first-order chi connectivity index (χ1) is 10.0. The van der Waals surface area contributed by atoms with Gasteiger partial charge < -0.3 is 14.4 Å². The molecule has 6 heteroatoms. The Balaban J connectivity index is 2.19. The molecule has 0 bridgehead atoms. The number of hydrogen-bond donors (Lipinski definition) is 0. The molecule has 1 aliphatic heterocycles. The monoisotopic (exact) mass is 291 g/mol. The molecule has 1 aromatic rings. The fourth-order valence-electron chi connectivity index (χ4n) is 2.40. The fraction of sp³-hybridized carbons (Fsp3) is 0.400. The van der Waals surface area contributed by atoms with Gasteiger partial charge in [0.1, 0.15) is 6.04 Å². The van der Waals surface area contributed by atoms with E-state index in [1.165, 1.54) is 18.9 Å². The molecule has 0 unspecified atom stereocenters. The van der Waals surface area contributed by atoms with Gasteiger partial charge in [0.05, 0.1) is 7.11 Å². The highest BCUT2D eigenvalue weighted by atomic mass is 16.6. The van der Waals surface area contributed by atoms with Gasteiger partial charge in [0.15, 0.2) is 6.10 Å². The molecule has 0 radical (unpaired) electrons. The molecule has 0 spiro atoms. The summed E-state index contributed by atoms with van der Waals surface area (Å²) in [6.07, 6.45) is -0.798. The second-order valence-corrected chi connectivity index (χ2v) is 4.82. The third-order valence-electron chi connectivity index (χ3n) is 3.35. The molecule has 112 valence electrons. The summed E-state index contributed by atoms with van der Waals surface area (Å²) in [7, 11) is 1.27. The van der Waals surface area contributed by atoms with Crippen LogP contribution in [-0.4, -0.2) is 42.0 Å². The quantitative estimate of drug-likeness (QED) is 0.770. The summed E-state index contributed by atoms with van der Waals surface area (Å²) in [6, 6.07) is 8.57. The summed E-state index contributed by atoms with van der Waals surface area (Å²) in [5.41, 5.74) is 0.892. The fourth-order valence-corrected chi connectivity index (χ4v) is 2.40. The van der Waals surface area contributed by atoms with Crippen LogP contribution in [0.15, 0.2) is 30.3 Å². The second kappa shape index (κ2) is 6.39. The van der Waals surface area contributed by atoms with E-state index in [-0.39, 0.29) is 18.9 Å². The van der Waals surface area contributed by atoms with Gasteiger partial charge in [-0.05, 0) is 5.56 Å². The van der Waals surface area contributed by atoms with Crippen molar-refractivity contribution in [1.29, 1.82) is 0 Å². The normalized spacial score (nSPS) is 21.2. The van der Waals surface area contributed by atoms with Gasteiger partial charge in [0, 0.05) is 19.9 Å². The zero-order chi connectivity index (χ0) is 15.4. The lowest BCUT2D eigenvalue weighted by molar-refractivity contribution is -0.155. The van der Waals surface area contributed by atoms with Crippen LogP contribution in [-0.2, 0) is 30.4 Å². The van der Waals surface area contributed by atoms with E-state index >= 15 is 0 Å². The summed E-state index contributed by atoms with van der Waals surface area (Å²) in [4.78, 5) is 36.6. The van der Waals surface area contributed by atoms with Gasteiger partial charge in [0.2, 0.25) is 0 Å². The van der Waals surface area contributed by atoms with Gasteiger partial charge in [-0.15, -0.1) is 0 Å². The first-order valence-corrected chi connectivity index (χ1v) is 6.62. The number of esters is 2. The molecule has 1 amide bonds. The topological polar surface area (TPSA) is 72.9 Å². The molecule has 6 nitrogen and oxygen atoms in total. The first-order valence-electron chi connectivity index (χ1n) is 6.62. The summed E-state index contributed by atoms with van der Waals surface area (Å²) in [5.74, 6) is -1.42. The lowest BCUT2D eigenvalue weighted by Crippen LogP contribution is -2.39. The second-order valence-electron chi connectivity index (χ2n) is 4.82. The number of benzene rings is 1. The molecular formula is C15H17NO5. The molecule has 0 aliphatic carbocycles. The van der Waals surface area contributed by atoms with E-state index in [1.54, 1.807) is 0 Å². The van der Waals surface area contributed by atoms with Crippen LogP contribution in [0, 0.1) is 0 Å². The summed E-state index contributed by atoms with van der Waals surface area (Å²) in [6.45, 7) is 1.51. The van der Waals surface area contributed by atoms with Crippen molar-refractivity contribution in [2.75, 3.05) is 7.11 Å². The molecule has 1 saturated heterocycles. The van der Waals surface area contributed by atoms with Crippen LogP contribution in [0.1, 0.15) is 18.9 Å². The summed E-state index contributed by atoms with van der Waals surface area (Å²) < 4.78 is 9.71. The lowest BCUT2D eigenvalue weighted by Gasteiger charge is -2.22. The molecule has 1 aromatic carbocycles. The van der Waals surface area contributed by atoms with Crippen molar-refractivity contribution in [3.8, 4) is 0 Å². The van der Waals surface area contributed by atoms with Crippen LogP contribution in [0.3, 0.4) is 0 Å². The number of rotatable bonds is 4. The summed E-state index contributed by atoms with van der Waals surface area (Å²) >= 11 is 0. The van der Waals surface area contributed by atoms with Gasteiger partial charge >= 0.3 is 11.9 Å². The zero-order valence-electron chi connectivity index (χ0n) is 11.9. The Kier molecular flexibility index (Phi) is 4.57. The molecule has 2 atom stereocenters. The van der Waals surface area contributed by atoms with Crippen molar-refractivity contribution in [2.24, 2.45) is 0 Å². The Morgan fingerprint density at radius 2 is 1.95 bits per heavy atom. The van der Waals surface area contributed by atoms with Crippen molar-refractivity contribution in [1.82, 2.24) is 4.90 Å². The average molecular weight is 291 g/mol. The molecule has 2 rings (SSSR count). The maximum Gasteiger partial charge on any atom is 0.328 e. The number of nitrogens with zero attached hydrogens (tertiary/aromatic N) is 1. The standard InChI is InChI=1S/C15H17NO5/c1-10(17)21-13-8-12(15(19)20-2)16(14(13)18)9-11-6-4-3-5-7-11/h3-7,12-13H,8-9H2,1-2H3/t12-,13-/m1/s1. The smallest absolute Gasteiger partial charge is 0.328 e. The number of ether oxygens (including phenoxy) is 2. The maximum absolute atomic E-state index is 12.3. The number of methoxy groups -OCH3 is 1. The Morgan fingerprint density at radius 1 is 1.29 bits per heavy atom. The molecule has 0 saturated carbocycles. The minimum Gasteiger partial charge on any atom is -0.467 e. The van der Waals surface area contributed by atoms with E-state index in [0.29, 0.717) is 0 Å². The SMILES string of the molecule is COC(=O)[C@H]1C[C@@H](OC(C)=O)C(=O)N1Cc1ccccc1. The van der Waals surface area contributed by atoms with Crippen molar-refractivity contribution < 1.29 is 23.9 Å². The van der Waals surface area contributed by atoms with Crippen LogP contribution in [0.25, 0.3) is 0 Å². The number of hydrogen-bond acceptors (Lipinski definition) is 5. The van der Waals surface area contributed by atoms with Crippen LogP contribution in [0.2, 0.25) is 0 Å². The van der Waals surface area contributed by atoms with E-state index < -0.39 is 24.1 Å². The number of carbonyl (C=O) groups is 3. The first kappa shape index (κ1) is 15.0. The van der Waals surface area contributed by atoms with Gasteiger partial charge in [-0.1, -0.05) is 30.3 Å². The van der Waals surface area contributed by atoms with Gasteiger partial charge in [-0.3, -0.25) is 9.59 Å². The van der Waals surface area contributed by atoms with Crippen LogP contribution >= 0.6 is 0 Å². The molecular weight excluding hydrogens is 274 g/mol. The Bertz CT molecular complexity index is 542. The molecule has 1 fully saturated rings. The van der Waals surface area contributed by atoms with Gasteiger partial charge in [0.25, 0.3) is 5.91 Å². The van der Waals surface area contributed by atoms with Gasteiger partial charge in [-0.25, -0.2) is 4.79 Å². The van der Waals surface area contributed by atoms with E-state index in [2.05, 4.69) is 0 Å². The third-order valence-corrected chi connectivity index (χ3v) is 3.35. The highest BCUT2D eigenvalue weighted by Gasteiger charge is 2.45. The molecule has 1 heterocycles. The lowest BCUT2D eigenvalue weighted by atomic mass is 10.2. The van der Waals surface area contributed by atoms with Gasteiger partial charge in [-0.2, -0.15) is 0 Å². The minimum atomic E-state index is -0.921. The summed E-state index contributed by atoms with van der Waals surface area (Å²) in [5, 5.41) is 0. The van der Waals surface area contributed by atoms with Crippen LogP contribution < -0.4 is 0 Å². The van der Waals surface area contributed by atoms with Crippen molar-refractivity contribution in [2.45, 2.75) is 32.0 Å². The van der Waals surface area contributed by atoms with Crippen molar-refractivity contribution in [3.63, 3.8) is 0 Å². The molecule has 1 aliphatic rings. The average Bonchev–Trinajstić information content (AvgIpc) is 2.76. The van der Waals surface area contributed by atoms with Crippen molar-refractivity contribution in [3.05, 3.63) is 35.9 Å². The van der Waals surface area contributed by atoms with Crippen LogP contribution in [0.4, 0.5) is 0 Å². The molecule has 0 aromatic heterocycles. The van der Waals surface area contributed by atoms with Crippen molar-refractivity contribution >= 4 is 17.8 Å². The maximum atomic E-state index is 12.3. The number of amides is 1. The number of carbonyl (C=O) groups excluding carboxylic acids is 3. The predicted octanol–water partition coefficient (Wildman–Crippen LogP) is 0.892. The Hall–Kier alpha value is -2.37. The van der Waals surface area contributed by atoms with E-state index in [1.807, 2.05) is 30.3 Å². The Labute approximate surface area is 122 Å². The van der Waals surface area contributed by atoms with E-state index in [4.69, 9.17) is 9.47 Å². The zero-order valence-corrected chi connectivity index (χ0v) is 11.9. The van der Waals surface area contributed by atoms with E-state index in [0.717, 1.165) is 5.56 Å². The highest BCUT2D eigenvalue weighted by molar-refractivity contribution is 5.92. The largest absolute Gasteiger partial charge is 0.467 e. The van der Waals surface area contributed by atoms with Crippen LogP contribution in [0.5, 0.6) is 0 Å². The Morgan fingerprint density at radius 3 is 2.52 bits per heavy atom. The molecule has 0 N–H and O–H groups in total. The third kappa shape index (κ3) is 3.39.